The SMILES string of the molecule is CCOC(=O)c1c(C)oc(NC(=O)c2ccc(C(F)(F)F)cc2)c1C(=O)OCC. The molecule has 10 heteroatoms. The molecular formula is C19H18F3NO6. The van der Waals surface area contributed by atoms with Gasteiger partial charge in [0, 0.05) is 5.56 Å². The summed E-state index contributed by atoms with van der Waals surface area (Å²) in [6.07, 6.45) is -4.54. The van der Waals surface area contributed by atoms with Crippen LogP contribution in [0.4, 0.5) is 19.1 Å². The number of rotatable bonds is 6. The molecule has 0 atom stereocenters. The van der Waals surface area contributed by atoms with E-state index in [1.165, 1.54) is 6.92 Å². The van der Waals surface area contributed by atoms with Gasteiger partial charge in [-0.3, -0.25) is 10.1 Å². The van der Waals surface area contributed by atoms with Crippen molar-refractivity contribution in [3.8, 4) is 0 Å². The van der Waals surface area contributed by atoms with E-state index in [4.69, 9.17) is 13.9 Å². The fraction of sp³-hybridized carbons (Fsp3) is 0.316. The molecule has 1 N–H and O–H groups in total. The second-order valence-electron chi connectivity index (χ2n) is 5.71. The monoisotopic (exact) mass is 413 g/mol. The number of aryl methyl sites for hydroxylation is 1. The van der Waals surface area contributed by atoms with Gasteiger partial charge >= 0.3 is 18.1 Å². The number of furan rings is 1. The fourth-order valence-electron chi connectivity index (χ4n) is 2.47. The Morgan fingerprint density at radius 3 is 1.97 bits per heavy atom. The summed E-state index contributed by atoms with van der Waals surface area (Å²) in [7, 11) is 0. The van der Waals surface area contributed by atoms with Crippen LogP contribution in [0.5, 0.6) is 0 Å². The van der Waals surface area contributed by atoms with E-state index < -0.39 is 29.6 Å². The van der Waals surface area contributed by atoms with Gasteiger partial charge in [0.1, 0.15) is 16.9 Å². The van der Waals surface area contributed by atoms with Crippen LogP contribution in [0.25, 0.3) is 0 Å². The van der Waals surface area contributed by atoms with Gasteiger partial charge in [0.2, 0.25) is 5.88 Å². The van der Waals surface area contributed by atoms with Gasteiger partial charge in [-0.25, -0.2) is 9.59 Å². The highest BCUT2D eigenvalue weighted by molar-refractivity contribution is 6.11. The molecule has 0 bridgehead atoms. The number of anilines is 1. The van der Waals surface area contributed by atoms with Crippen LogP contribution in [0.15, 0.2) is 28.7 Å². The quantitative estimate of drug-likeness (QED) is 0.713. The molecule has 1 aromatic heterocycles. The van der Waals surface area contributed by atoms with Crippen LogP contribution in [-0.2, 0) is 15.7 Å². The van der Waals surface area contributed by atoms with E-state index in [-0.39, 0.29) is 41.5 Å². The summed E-state index contributed by atoms with van der Waals surface area (Å²) >= 11 is 0. The summed E-state index contributed by atoms with van der Waals surface area (Å²) in [4.78, 5) is 36.9. The summed E-state index contributed by atoms with van der Waals surface area (Å²) in [6.45, 7) is 4.55. The summed E-state index contributed by atoms with van der Waals surface area (Å²) in [5, 5.41) is 2.29. The molecule has 1 amide bonds. The van der Waals surface area contributed by atoms with Crippen LogP contribution in [0.2, 0.25) is 0 Å². The number of carbonyl (C=O) groups is 3. The predicted molar refractivity (Wildman–Crippen MR) is 94.8 cm³/mol. The minimum absolute atomic E-state index is 0.00236. The summed E-state index contributed by atoms with van der Waals surface area (Å²) in [5.41, 5.74) is -1.56. The lowest BCUT2D eigenvalue weighted by molar-refractivity contribution is -0.137. The Morgan fingerprint density at radius 1 is 0.966 bits per heavy atom. The molecular weight excluding hydrogens is 395 g/mol. The number of hydrogen-bond donors (Lipinski definition) is 1. The van der Waals surface area contributed by atoms with E-state index in [9.17, 15) is 27.6 Å². The van der Waals surface area contributed by atoms with Crippen molar-refractivity contribution in [1.29, 1.82) is 0 Å². The van der Waals surface area contributed by atoms with E-state index in [1.807, 2.05) is 0 Å². The van der Waals surface area contributed by atoms with Gasteiger partial charge in [-0.2, -0.15) is 13.2 Å². The lowest BCUT2D eigenvalue weighted by Gasteiger charge is -2.08. The zero-order valence-electron chi connectivity index (χ0n) is 15.8. The van der Waals surface area contributed by atoms with Crippen LogP contribution >= 0.6 is 0 Å². The van der Waals surface area contributed by atoms with Crippen molar-refractivity contribution in [3.05, 3.63) is 52.3 Å². The number of nitrogens with one attached hydrogen (secondary N) is 1. The first-order chi connectivity index (χ1) is 13.6. The molecule has 7 nitrogen and oxygen atoms in total. The average Bonchev–Trinajstić information content (AvgIpc) is 2.97. The minimum atomic E-state index is -4.54. The molecule has 2 rings (SSSR count). The van der Waals surface area contributed by atoms with Gasteiger partial charge in [0.05, 0.1) is 18.8 Å². The van der Waals surface area contributed by atoms with E-state index in [0.717, 1.165) is 24.3 Å². The van der Waals surface area contributed by atoms with E-state index in [2.05, 4.69) is 5.32 Å². The number of halogens is 3. The molecule has 0 unspecified atom stereocenters. The second kappa shape index (κ2) is 8.80. The van der Waals surface area contributed by atoms with Crippen LogP contribution in [0, 0.1) is 6.92 Å². The van der Waals surface area contributed by atoms with Crippen molar-refractivity contribution in [3.63, 3.8) is 0 Å². The largest absolute Gasteiger partial charge is 0.462 e. The Morgan fingerprint density at radius 2 is 1.48 bits per heavy atom. The third kappa shape index (κ3) is 4.95. The van der Waals surface area contributed by atoms with Crippen LogP contribution < -0.4 is 5.32 Å². The second-order valence-corrected chi connectivity index (χ2v) is 5.71. The number of esters is 2. The van der Waals surface area contributed by atoms with Crippen molar-refractivity contribution < 1.29 is 41.4 Å². The maximum absolute atomic E-state index is 12.7. The van der Waals surface area contributed by atoms with Crippen molar-refractivity contribution >= 4 is 23.7 Å². The Labute approximate surface area is 163 Å². The Bertz CT molecular complexity index is 915. The Hall–Kier alpha value is -3.30. The predicted octanol–water partition coefficient (Wildman–Crippen LogP) is 4.21. The average molecular weight is 413 g/mol. The molecule has 0 radical (unpaired) electrons. The number of alkyl halides is 3. The molecule has 0 spiro atoms. The summed E-state index contributed by atoms with van der Waals surface area (Å²) in [6, 6.07) is 3.45. The molecule has 156 valence electrons. The van der Waals surface area contributed by atoms with Crippen LogP contribution in [-0.4, -0.2) is 31.1 Å². The highest BCUT2D eigenvalue weighted by Gasteiger charge is 2.32. The van der Waals surface area contributed by atoms with Crippen molar-refractivity contribution in [2.24, 2.45) is 0 Å². The first kappa shape index (κ1) is 22.0. The molecule has 0 aliphatic carbocycles. The minimum Gasteiger partial charge on any atom is -0.462 e. The fourth-order valence-corrected chi connectivity index (χ4v) is 2.47. The Balaban J connectivity index is 2.38. The van der Waals surface area contributed by atoms with Gasteiger partial charge in [0.15, 0.2) is 0 Å². The summed E-state index contributed by atoms with van der Waals surface area (Å²) < 4.78 is 53.1. The standard InChI is InChI=1S/C19H18F3NO6/c1-4-27-17(25)13-10(3)29-16(14(13)18(26)28-5-2)23-15(24)11-6-8-12(9-7-11)19(20,21)22/h6-9H,4-5H2,1-3H3,(H,23,24). The van der Waals surface area contributed by atoms with E-state index in [1.54, 1.807) is 13.8 Å². The first-order valence-corrected chi connectivity index (χ1v) is 8.56. The maximum Gasteiger partial charge on any atom is 0.416 e. The van der Waals surface area contributed by atoms with Gasteiger partial charge in [0.25, 0.3) is 5.91 Å². The molecule has 2 aromatic rings. The first-order valence-electron chi connectivity index (χ1n) is 8.56. The van der Waals surface area contributed by atoms with Gasteiger partial charge < -0.3 is 13.9 Å². The molecule has 1 heterocycles. The van der Waals surface area contributed by atoms with Crippen molar-refractivity contribution in [2.45, 2.75) is 26.9 Å². The van der Waals surface area contributed by atoms with E-state index >= 15 is 0 Å². The highest BCUT2D eigenvalue weighted by atomic mass is 19.4. The van der Waals surface area contributed by atoms with Crippen molar-refractivity contribution in [2.75, 3.05) is 18.5 Å². The topological polar surface area (TPSA) is 94.8 Å². The maximum atomic E-state index is 12.7. The normalized spacial score (nSPS) is 11.1. The van der Waals surface area contributed by atoms with Gasteiger partial charge in [-0.15, -0.1) is 0 Å². The number of hydrogen-bond acceptors (Lipinski definition) is 6. The Kier molecular flexibility index (Phi) is 6.68. The third-order valence-electron chi connectivity index (χ3n) is 3.74. The molecule has 0 saturated carbocycles. The lowest BCUT2D eigenvalue weighted by atomic mass is 10.1. The van der Waals surface area contributed by atoms with Crippen LogP contribution in [0.3, 0.4) is 0 Å². The number of ether oxygens (including phenoxy) is 2. The van der Waals surface area contributed by atoms with Crippen LogP contribution in [0.1, 0.15) is 56.2 Å². The molecule has 29 heavy (non-hydrogen) atoms. The van der Waals surface area contributed by atoms with Crippen molar-refractivity contribution in [1.82, 2.24) is 0 Å². The zero-order valence-corrected chi connectivity index (χ0v) is 15.8. The van der Waals surface area contributed by atoms with Gasteiger partial charge in [-0.05, 0) is 45.0 Å². The smallest absolute Gasteiger partial charge is 0.416 e. The highest BCUT2D eigenvalue weighted by Crippen LogP contribution is 2.31. The molecule has 0 saturated heterocycles. The molecule has 1 aromatic carbocycles. The lowest BCUT2D eigenvalue weighted by Crippen LogP contribution is -2.17. The molecule has 0 aliphatic heterocycles. The number of carbonyl (C=O) groups excluding carboxylic acids is 3. The molecule has 0 fully saturated rings. The van der Waals surface area contributed by atoms with E-state index in [0.29, 0.717) is 0 Å². The third-order valence-corrected chi connectivity index (χ3v) is 3.74. The van der Waals surface area contributed by atoms with Gasteiger partial charge in [-0.1, -0.05) is 0 Å². The zero-order chi connectivity index (χ0) is 21.8. The molecule has 0 aliphatic rings. The summed E-state index contributed by atoms with van der Waals surface area (Å²) in [5.74, 6) is -2.96. The number of amides is 1. The number of benzene rings is 1.